The maximum atomic E-state index is 11.8. The molecule has 17 heavy (non-hydrogen) atoms. The van der Waals surface area contributed by atoms with Gasteiger partial charge in [-0.15, -0.1) is 0 Å². The molecule has 0 spiro atoms. The van der Waals surface area contributed by atoms with Crippen molar-refractivity contribution >= 4 is 11.9 Å². The summed E-state index contributed by atoms with van der Waals surface area (Å²) < 4.78 is 10.9. The Morgan fingerprint density at radius 2 is 2.06 bits per heavy atom. The van der Waals surface area contributed by atoms with E-state index in [9.17, 15) is 9.59 Å². The minimum Gasteiger partial charge on any atom is -0.468 e. The number of nitrogens with zero attached hydrogens (tertiary/aromatic N) is 2. The summed E-state index contributed by atoms with van der Waals surface area (Å²) in [5, 5.41) is 3.87. The van der Waals surface area contributed by atoms with E-state index in [1.165, 1.54) is 24.1 Å². The second kappa shape index (κ2) is 4.99. The number of rotatable bonds is 3. The molecule has 0 N–H and O–H groups in total. The highest BCUT2D eigenvalue weighted by molar-refractivity contribution is 5.88. The summed E-state index contributed by atoms with van der Waals surface area (Å²) in [4.78, 5) is 22.9. The molecule has 1 aromatic rings. The average Bonchev–Trinajstić information content (AvgIpc) is 2.63. The molecule has 0 atom stereocenters. The maximum Gasteiger partial charge on any atom is 0.357 e. The third kappa shape index (κ3) is 3.90. The Kier molecular flexibility index (Phi) is 3.88. The molecule has 0 saturated heterocycles. The summed E-state index contributed by atoms with van der Waals surface area (Å²) in [5.74, 6) is -0.989. The molecule has 1 heterocycles. The molecule has 0 saturated carbocycles. The quantitative estimate of drug-likeness (QED) is 0.737. The first-order valence-electron chi connectivity index (χ1n) is 5.15. The van der Waals surface area contributed by atoms with E-state index in [4.69, 9.17) is 4.74 Å². The van der Waals surface area contributed by atoms with E-state index >= 15 is 0 Å². The third-order valence-corrected chi connectivity index (χ3v) is 1.83. The van der Waals surface area contributed by atoms with Gasteiger partial charge in [0, 0.05) is 6.20 Å². The number of hydrogen-bond acceptors (Lipinski definition) is 5. The van der Waals surface area contributed by atoms with Crippen LogP contribution in [0.15, 0.2) is 12.3 Å². The normalized spacial score (nSPS) is 11.1. The van der Waals surface area contributed by atoms with E-state index in [0.717, 1.165) is 0 Å². The molecule has 6 heteroatoms. The molecule has 1 aromatic heterocycles. The van der Waals surface area contributed by atoms with Gasteiger partial charge in [0.1, 0.15) is 17.8 Å². The van der Waals surface area contributed by atoms with Crippen LogP contribution in [0, 0.1) is 0 Å². The standard InChI is InChI=1S/C11H16N2O4/c1-11(2,3)17-10(15)8-5-6-12-13(8)7-9(14)16-4/h5-6H,7H2,1-4H3. The zero-order valence-corrected chi connectivity index (χ0v) is 10.4. The summed E-state index contributed by atoms with van der Waals surface area (Å²) in [6.07, 6.45) is 1.43. The van der Waals surface area contributed by atoms with Crippen LogP contribution in [0.1, 0.15) is 31.3 Å². The summed E-state index contributed by atoms with van der Waals surface area (Å²) in [6, 6.07) is 1.50. The highest BCUT2D eigenvalue weighted by atomic mass is 16.6. The molecule has 0 aromatic carbocycles. The van der Waals surface area contributed by atoms with Crippen LogP contribution in [0.2, 0.25) is 0 Å². The van der Waals surface area contributed by atoms with Crippen LogP contribution in [0.5, 0.6) is 0 Å². The minimum absolute atomic E-state index is 0.113. The molecule has 94 valence electrons. The molecule has 0 amide bonds. The second-order valence-electron chi connectivity index (χ2n) is 4.45. The summed E-state index contributed by atoms with van der Waals surface area (Å²) in [7, 11) is 1.28. The van der Waals surface area contributed by atoms with Gasteiger partial charge in [0.15, 0.2) is 0 Å². The third-order valence-electron chi connectivity index (χ3n) is 1.83. The number of methoxy groups -OCH3 is 1. The predicted octanol–water partition coefficient (Wildman–Crippen LogP) is 1.01. The van der Waals surface area contributed by atoms with Crippen molar-refractivity contribution in [2.75, 3.05) is 7.11 Å². The molecule has 0 bridgehead atoms. The molecule has 0 radical (unpaired) electrons. The first-order chi connectivity index (χ1) is 7.83. The molecule has 0 aliphatic heterocycles. The monoisotopic (exact) mass is 240 g/mol. The van der Waals surface area contributed by atoms with Crippen molar-refractivity contribution in [1.82, 2.24) is 9.78 Å². The van der Waals surface area contributed by atoms with Gasteiger partial charge >= 0.3 is 11.9 Å². The smallest absolute Gasteiger partial charge is 0.357 e. The zero-order valence-electron chi connectivity index (χ0n) is 10.4. The Labute approximate surface area is 99.5 Å². The molecular weight excluding hydrogens is 224 g/mol. The largest absolute Gasteiger partial charge is 0.468 e. The number of ether oxygens (including phenoxy) is 2. The van der Waals surface area contributed by atoms with E-state index in [0.29, 0.717) is 0 Å². The van der Waals surface area contributed by atoms with Crippen molar-refractivity contribution in [2.45, 2.75) is 32.9 Å². The molecular formula is C11H16N2O4. The summed E-state index contributed by atoms with van der Waals surface area (Å²) in [5.41, 5.74) is -0.359. The number of esters is 2. The van der Waals surface area contributed by atoms with Gasteiger partial charge in [0.05, 0.1) is 7.11 Å². The summed E-state index contributed by atoms with van der Waals surface area (Å²) >= 11 is 0. The van der Waals surface area contributed by atoms with E-state index in [1.54, 1.807) is 20.8 Å². The number of carbonyl (C=O) groups excluding carboxylic acids is 2. The highest BCUT2D eigenvalue weighted by Crippen LogP contribution is 2.11. The van der Waals surface area contributed by atoms with E-state index in [2.05, 4.69) is 9.84 Å². The minimum atomic E-state index is -0.586. The van der Waals surface area contributed by atoms with Crippen LogP contribution >= 0.6 is 0 Å². The van der Waals surface area contributed by atoms with Crippen molar-refractivity contribution in [3.8, 4) is 0 Å². The lowest BCUT2D eigenvalue weighted by atomic mass is 10.2. The van der Waals surface area contributed by atoms with Crippen molar-refractivity contribution in [1.29, 1.82) is 0 Å². The molecule has 0 fully saturated rings. The van der Waals surface area contributed by atoms with Crippen molar-refractivity contribution in [3.63, 3.8) is 0 Å². The van der Waals surface area contributed by atoms with Gasteiger partial charge < -0.3 is 9.47 Å². The molecule has 0 aliphatic rings. The SMILES string of the molecule is COC(=O)Cn1nccc1C(=O)OC(C)(C)C. The van der Waals surface area contributed by atoms with Crippen molar-refractivity contribution in [2.24, 2.45) is 0 Å². The summed E-state index contributed by atoms with van der Waals surface area (Å²) in [6.45, 7) is 5.20. The van der Waals surface area contributed by atoms with E-state index in [1.807, 2.05) is 0 Å². The predicted molar refractivity (Wildman–Crippen MR) is 59.4 cm³/mol. The topological polar surface area (TPSA) is 70.4 Å². The Balaban J connectivity index is 2.81. The number of carbonyl (C=O) groups is 2. The van der Waals surface area contributed by atoms with Crippen molar-refractivity contribution < 1.29 is 19.1 Å². The van der Waals surface area contributed by atoms with Gasteiger partial charge in [0.2, 0.25) is 0 Å². The number of aromatic nitrogens is 2. The molecule has 1 rings (SSSR count). The first kappa shape index (κ1) is 13.2. The lowest BCUT2D eigenvalue weighted by molar-refractivity contribution is -0.141. The van der Waals surface area contributed by atoms with Gasteiger partial charge in [-0.2, -0.15) is 5.10 Å². The lowest BCUT2D eigenvalue weighted by Crippen LogP contribution is -2.26. The van der Waals surface area contributed by atoms with Gasteiger partial charge in [-0.05, 0) is 26.8 Å². The Bertz CT molecular complexity index is 417. The Morgan fingerprint density at radius 3 is 2.59 bits per heavy atom. The lowest BCUT2D eigenvalue weighted by Gasteiger charge is -2.19. The van der Waals surface area contributed by atoms with Crippen LogP contribution in [0.4, 0.5) is 0 Å². The Hall–Kier alpha value is -1.85. The second-order valence-corrected chi connectivity index (χ2v) is 4.45. The van der Waals surface area contributed by atoms with E-state index < -0.39 is 17.5 Å². The van der Waals surface area contributed by atoms with Gasteiger partial charge in [-0.1, -0.05) is 0 Å². The molecule has 0 aliphatic carbocycles. The van der Waals surface area contributed by atoms with Crippen LogP contribution in [0.3, 0.4) is 0 Å². The van der Waals surface area contributed by atoms with Crippen molar-refractivity contribution in [3.05, 3.63) is 18.0 Å². The molecule has 0 unspecified atom stereocenters. The highest BCUT2D eigenvalue weighted by Gasteiger charge is 2.21. The van der Waals surface area contributed by atoms with Gasteiger partial charge in [0.25, 0.3) is 0 Å². The first-order valence-corrected chi connectivity index (χ1v) is 5.15. The van der Waals surface area contributed by atoms with Gasteiger partial charge in [-0.3, -0.25) is 4.79 Å². The van der Waals surface area contributed by atoms with E-state index in [-0.39, 0.29) is 12.2 Å². The maximum absolute atomic E-state index is 11.8. The Morgan fingerprint density at radius 1 is 1.41 bits per heavy atom. The fraction of sp³-hybridized carbons (Fsp3) is 0.545. The van der Waals surface area contributed by atoms with Crippen LogP contribution in [-0.4, -0.2) is 34.4 Å². The fourth-order valence-electron chi connectivity index (χ4n) is 1.15. The zero-order chi connectivity index (χ0) is 13.1. The van der Waals surface area contributed by atoms with Gasteiger partial charge in [-0.25, -0.2) is 9.48 Å². The van der Waals surface area contributed by atoms with Crippen LogP contribution in [-0.2, 0) is 20.8 Å². The fourth-order valence-corrected chi connectivity index (χ4v) is 1.15. The number of hydrogen-bond donors (Lipinski definition) is 0. The molecule has 6 nitrogen and oxygen atoms in total. The van der Waals surface area contributed by atoms with Crippen LogP contribution in [0.25, 0.3) is 0 Å². The average molecular weight is 240 g/mol. The van der Waals surface area contributed by atoms with Crippen LogP contribution < -0.4 is 0 Å².